The molecule has 60 valence electrons. The normalized spacial score (nSPS) is 8.62. The summed E-state index contributed by atoms with van der Waals surface area (Å²) >= 11 is 0. The number of pyridine rings is 1. The number of nitrogens with zero attached hydrogens (tertiary/aromatic N) is 1. The van der Waals surface area contributed by atoms with Crippen LogP contribution in [0.25, 0.3) is 10.9 Å². The number of hydrogen-bond donors (Lipinski definition) is 1. The average Bonchev–Trinajstić information content (AvgIpc) is 2.06. The van der Waals surface area contributed by atoms with Gasteiger partial charge in [-0.1, -0.05) is 18.2 Å². The van der Waals surface area contributed by atoms with Gasteiger partial charge in [-0.2, -0.15) is 0 Å². The number of phenolic OH excluding ortho intramolecular Hbond substituents is 1. The molecule has 0 atom stereocenters. The number of benzene rings is 1. The van der Waals surface area contributed by atoms with Crippen LogP contribution in [-0.4, -0.2) is 35.9 Å². The quantitative estimate of drug-likeness (QED) is 0.622. The van der Waals surface area contributed by atoms with E-state index in [1.165, 1.54) is 0 Å². The smallest absolute Gasteiger partial charge is 0.141 e. The summed E-state index contributed by atoms with van der Waals surface area (Å²) in [6, 6.07) is 9.13. The largest absolute Gasteiger partial charge is 0.506 e. The minimum Gasteiger partial charge on any atom is -0.506 e. The van der Waals surface area contributed by atoms with Crippen LogP contribution < -0.4 is 0 Å². The van der Waals surface area contributed by atoms with E-state index in [0.717, 1.165) is 5.39 Å². The first-order valence-electron chi connectivity index (χ1n) is 3.40. The van der Waals surface area contributed by atoms with E-state index in [9.17, 15) is 5.11 Å². The van der Waals surface area contributed by atoms with Gasteiger partial charge in [0.1, 0.15) is 11.3 Å². The number of rotatable bonds is 0. The molecule has 1 N–H and O–H groups in total. The standard InChI is InChI=1S/C9H7NO.Al.B/c11-8-5-1-3-7-4-2-6-10-9(7)8;;/h1-6,11H;;. The molecule has 0 spiro atoms. The summed E-state index contributed by atoms with van der Waals surface area (Å²) in [7, 11) is 0. The molecular weight excluding hydrogens is 176 g/mol. The molecule has 0 amide bonds. The summed E-state index contributed by atoms with van der Waals surface area (Å²) in [4.78, 5) is 4.03. The van der Waals surface area contributed by atoms with Crippen molar-refractivity contribution in [2.75, 3.05) is 0 Å². The maximum absolute atomic E-state index is 9.31. The molecule has 1 aromatic heterocycles. The first-order valence-corrected chi connectivity index (χ1v) is 3.40. The van der Waals surface area contributed by atoms with Gasteiger partial charge < -0.3 is 5.11 Å². The number of para-hydroxylation sites is 1. The molecule has 0 bridgehead atoms. The third kappa shape index (κ3) is 2.24. The Bertz CT molecular complexity index is 389. The van der Waals surface area contributed by atoms with Gasteiger partial charge in [-0.05, 0) is 12.1 Å². The van der Waals surface area contributed by atoms with E-state index in [0.29, 0.717) is 5.52 Å². The number of phenols is 1. The molecule has 0 aliphatic carbocycles. The van der Waals surface area contributed by atoms with Crippen LogP contribution in [0.3, 0.4) is 0 Å². The van der Waals surface area contributed by atoms with Crippen molar-refractivity contribution >= 4 is 36.7 Å². The van der Waals surface area contributed by atoms with Crippen molar-refractivity contribution < 1.29 is 5.11 Å². The number of fused-ring (bicyclic) bond motifs is 1. The van der Waals surface area contributed by atoms with E-state index in [1.54, 1.807) is 18.3 Å². The summed E-state index contributed by atoms with van der Waals surface area (Å²) < 4.78 is 0. The van der Waals surface area contributed by atoms with Gasteiger partial charge in [-0.3, -0.25) is 4.98 Å². The van der Waals surface area contributed by atoms with Gasteiger partial charge in [0.05, 0.1) is 0 Å². The van der Waals surface area contributed by atoms with Crippen LogP contribution in [0.2, 0.25) is 0 Å². The highest BCUT2D eigenvalue weighted by Crippen LogP contribution is 2.20. The van der Waals surface area contributed by atoms with E-state index in [4.69, 9.17) is 0 Å². The van der Waals surface area contributed by atoms with Gasteiger partial charge in [0.2, 0.25) is 0 Å². The molecule has 0 aliphatic rings. The van der Waals surface area contributed by atoms with Crippen molar-refractivity contribution in [3.8, 4) is 5.75 Å². The van der Waals surface area contributed by atoms with Crippen molar-refractivity contribution in [2.45, 2.75) is 0 Å². The molecule has 0 fully saturated rings. The molecule has 0 saturated heterocycles. The van der Waals surface area contributed by atoms with Crippen molar-refractivity contribution in [1.82, 2.24) is 4.98 Å². The Balaban J connectivity index is 0.000000720. The highest BCUT2D eigenvalue weighted by Gasteiger charge is 1.96. The zero-order chi connectivity index (χ0) is 7.68. The molecule has 13 heavy (non-hydrogen) atoms. The molecule has 2 rings (SSSR count). The maximum Gasteiger partial charge on any atom is 0.141 e. The van der Waals surface area contributed by atoms with Crippen molar-refractivity contribution in [3.05, 3.63) is 36.5 Å². The summed E-state index contributed by atoms with van der Waals surface area (Å²) in [5, 5.41) is 10.3. The third-order valence-electron chi connectivity index (χ3n) is 1.61. The molecule has 0 saturated carbocycles. The lowest BCUT2D eigenvalue weighted by molar-refractivity contribution is 0.480. The van der Waals surface area contributed by atoms with Gasteiger partial charge >= 0.3 is 0 Å². The first-order chi connectivity index (χ1) is 5.38. The van der Waals surface area contributed by atoms with E-state index in [2.05, 4.69) is 4.98 Å². The second kappa shape index (κ2) is 4.91. The Hall–Kier alpha value is -0.973. The van der Waals surface area contributed by atoms with Crippen molar-refractivity contribution in [2.24, 2.45) is 0 Å². The van der Waals surface area contributed by atoms with E-state index in [1.807, 2.05) is 18.2 Å². The SMILES string of the molecule is Oc1cccc2cccnc12.[Al].[B]. The average molecular weight is 183 g/mol. The van der Waals surface area contributed by atoms with Crippen LogP contribution >= 0.6 is 0 Å². The van der Waals surface area contributed by atoms with E-state index in [-0.39, 0.29) is 31.5 Å². The maximum atomic E-state index is 9.31. The molecule has 2 nitrogen and oxygen atoms in total. The molecular formula is C9H7AlBNO. The molecule has 0 unspecified atom stereocenters. The van der Waals surface area contributed by atoms with Crippen LogP contribution in [0.15, 0.2) is 36.5 Å². The topological polar surface area (TPSA) is 33.1 Å². The number of aromatic hydroxyl groups is 1. The number of hydrogen-bond acceptors (Lipinski definition) is 2. The van der Waals surface area contributed by atoms with E-state index >= 15 is 0 Å². The van der Waals surface area contributed by atoms with Crippen LogP contribution in [0.4, 0.5) is 0 Å². The van der Waals surface area contributed by atoms with Crippen LogP contribution in [0.5, 0.6) is 5.75 Å². The highest BCUT2D eigenvalue weighted by molar-refractivity contribution is 5.83. The predicted octanol–water partition coefficient (Wildman–Crippen LogP) is 1.18. The zero-order valence-corrected chi connectivity index (χ0v) is 8.17. The molecule has 1 heterocycles. The van der Waals surface area contributed by atoms with Gasteiger partial charge in [0.25, 0.3) is 0 Å². The Kier molecular flexibility index (Phi) is 4.54. The lowest BCUT2D eigenvalue weighted by atomic mass is 10.2. The van der Waals surface area contributed by atoms with Gasteiger partial charge in [-0.15, -0.1) is 0 Å². The van der Waals surface area contributed by atoms with Crippen LogP contribution in [0, 0.1) is 0 Å². The molecule has 4 heteroatoms. The van der Waals surface area contributed by atoms with Gasteiger partial charge in [0.15, 0.2) is 0 Å². The molecule has 0 aliphatic heterocycles. The third-order valence-corrected chi connectivity index (χ3v) is 1.61. The Morgan fingerprint density at radius 2 is 1.77 bits per heavy atom. The first kappa shape index (κ1) is 12.0. The predicted molar refractivity (Wildman–Crippen MR) is 54.9 cm³/mol. The second-order valence-corrected chi connectivity index (χ2v) is 2.35. The Labute approximate surface area is 89.3 Å². The summed E-state index contributed by atoms with van der Waals surface area (Å²) in [6.07, 6.45) is 1.67. The minimum atomic E-state index is 0. The van der Waals surface area contributed by atoms with Crippen molar-refractivity contribution in [3.63, 3.8) is 0 Å². The van der Waals surface area contributed by atoms with E-state index < -0.39 is 0 Å². The summed E-state index contributed by atoms with van der Waals surface area (Å²) in [5.74, 6) is 0.239. The molecule has 6 radical (unpaired) electrons. The molecule has 2 aromatic rings. The second-order valence-electron chi connectivity index (χ2n) is 2.35. The summed E-state index contributed by atoms with van der Waals surface area (Å²) in [6.45, 7) is 0. The number of aromatic nitrogens is 1. The zero-order valence-electron chi connectivity index (χ0n) is 7.01. The monoisotopic (exact) mass is 183 g/mol. The van der Waals surface area contributed by atoms with Crippen LogP contribution in [-0.2, 0) is 0 Å². The fraction of sp³-hybridized carbons (Fsp3) is 0. The lowest BCUT2D eigenvalue weighted by Crippen LogP contribution is -1.76. The van der Waals surface area contributed by atoms with Gasteiger partial charge in [0, 0.05) is 37.4 Å². The van der Waals surface area contributed by atoms with Crippen LogP contribution in [0.1, 0.15) is 0 Å². The fourth-order valence-electron chi connectivity index (χ4n) is 1.09. The minimum absolute atomic E-state index is 0. The fourth-order valence-corrected chi connectivity index (χ4v) is 1.09. The molecule has 1 aromatic carbocycles. The lowest BCUT2D eigenvalue weighted by Gasteiger charge is -1.96. The van der Waals surface area contributed by atoms with Gasteiger partial charge in [-0.25, -0.2) is 0 Å². The Morgan fingerprint density at radius 3 is 2.46 bits per heavy atom. The van der Waals surface area contributed by atoms with Crippen molar-refractivity contribution in [1.29, 1.82) is 0 Å². The summed E-state index contributed by atoms with van der Waals surface area (Å²) in [5.41, 5.74) is 0.662. The Morgan fingerprint density at radius 1 is 1.08 bits per heavy atom. The highest BCUT2D eigenvalue weighted by atomic mass is 27.0.